The molecular formula is C16H27NO2. The van der Waals surface area contributed by atoms with Gasteiger partial charge < -0.3 is 10.1 Å². The molecule has 0 aliphatic rings. The monoisotopic (exact) mass is 265 g/mol. The molecule has 0 aromatic rings. The lowest BCUT2D eigenvalue weighted by Gasteiger charge is -2.05. The second-order valence-corrected chi connectivity index (χ2v) is 3.41. The number of carbonyl (C=O) groups is 1. The molecule has 1 N–H and O–H groups in total. The number of hydrogen-bond donors (Lipinski definition) is 1. The van der Waals surface area contributed by atoms with Crippen molar-refractivity contribution in [2.75, 3.05) is 19.8 Å². The highest BCUT2D eigenvalue weighted by Gasteiger charge is 2.00. The summed E-state index contributed by atoms with van der Waals surface area (Å²) in [5, 5.41) is 2.74. The highest BCUT2D eigenvalue weighted by atomic mass is 16.5. The molecule has 0 heterocycles. The van der Waals surface area contributed by atoms with E-state index in [1.807, 2.05) is 39.0 Å². The van der Waals surface area contributed by atoms with Gasteiger partial charge in [-0.25, -0.2) is 0 Å². The van der Waals surface area contributed by atoms with Crippen molar-refractivity contribution in [3.8, 4) is 0 Å². The van der Waals surface area contributed by atoms with Crippen LogP contribution in [0.1, 0.15) is 27.2 Å². The Morgan fingerprint density at radius 2 is 1.89 bits per heavy atom. The van der Waals surface area contributed by atoms with Crippen LogP contribution < -0.4 is 5.32 Å². The van der Waals surface area contributed by atoms with Crippen LogP contribution in [0.4, 0.5) is 0 Å². The lowest BCUT2D eigenvalue weighted by atomic mass is 10.2. The zero-order valence-corrected chi connectivity index (χ0v) is 12.4. The minimum Gasteiger partial charge on any atom is -0.367 e. The summed E-state index contributed by atoms with van der Waals surface area (Å²) in [6, 6.07) is 0. The van der Waals surface area contributed by atoms with Gasteiger partial charge >= 0.3 is 0 Å². The van der Waals surface area contributed by atoms with Gasteiger partial charge in [-0.15, -0.1) is 0 Å². The molecule has 1 amide bonds. The standard InChI is InChI=1S/C14H21NO2.C2H6/c1-4-7-9-13(8-5-2)11-17-12-14(16)15-10-6-3;1-2/h4-5,7-9H,1-2,6,10-12H2,3H3,(H,15,16);1-2H3/b9-7-,13-8+;. The smallest absolute Gasteiger partial charge is 0.246 e. The van der Waals surface area contributed by atoms with Crippen molar-refractivity contribution in [1.29, 1.82) is 0 Å². The van der Waals surface area contributed by atoms with Crippen molar-refractivity contribution >= 4 is 5.91 Å². The van der Waals surface area contributed by atoms with E-state index in [-0.39, 0.29) is 12.5 Å². The molecule has 0 aromatic heterocycles. The molecule has 0 aliphatic heterocycles. The first kappa shape index (κ1) is 19.7. The Labute approximate surface area is 117 Å². The van der Waals surface area contributed by atoms with E-state index in [1.54, 1.807) is 12.2 Å². The number of hydrogen-bond acceptors (Lipinski definition) is 2. The van der Waals surface area contributed by atoms with Gasteiger partial charge in [-0.05, 0) is 12.0 Å². The third-order valence-corrected chi connectivity index (χ3v) is 1.85. The molecule has 0 bridgehead atoms. The van der Waals surface area contributed by atoms with Crippen LogP contribution in [0.15, 0.2) is 49.1 Å². The van der Waals surface area contributed by atoms with Gasteiger partial charge in [0.25, 0.3) is 0 Å². The average Bonchev–Trinajstić information content (AvgIpc) is 2.44. The van der Waals surface area contributed by atoms with Crippen LogP contribution in [0.5, 0.6) is 0 Å². The minimum atomic E-state index is -0.0856. The van der Waals surface area contributed by atoms with Crippen molar-refractivity contribution < 1.29 is 9.53 Å². The molecule has 0 fully saturated rings. The van der Waals surface area contributed by atoms with E-state index in [2.05, 4.69) is 18.5 Å². The third kappa shape index (κ3) is 14.3. The van der Waals surface area contributed by atoms with Gasteiger partial charge in [-0.1, -0.05) is 64.3 Å². The molecule has 108 valence electrons. The lowest BCUT2D eigenvalue weighted by Crippen LogP contribution is -2.28. The van der Waals surface area contributed by atoms with Crippen LogP contribution in [0.25, 0.3) is 0 Å². The van der Waals surface area contributed by atoms with Gasteiger partial charge in [-0.2, -0.15) is 0 Å². The van der Waals surface area contributed by atoms with E-state index < -0.39 is 0 Å². The van der Waals surface area contributed by atoms with Crippen molar-refractivity contribution in [2.45, 2.75) is 27.2 Å². The SMILES string of the molecule is C=C/C=C\C(=C/C=C)COCC(=O)NCCC.CC. The van der Waals surface area contributed by atoms with Crippen LogP contribution in [0.2, 0.25) is 0 Å². The topological polar surface area (TPSA) is 38.3 Å². The zero-order valence-electron chi connectivity index (χ0n) is 12.4. The number of amides is 1. The Hall–Kier alpha value is -1.61. The molecule has 0 atom stereocenters. The molecule has 0 radical (unpaired) electrons. The first-order chi connectivity index (χ1) is 9.24. The fraction of sp³-hybridized carbons (Fsp3) is 0.438. The maximum atomic E-state index is 11.2. The third-order valence-electron chi connectivity index (χ3n) is 1.85. The molecule has 0 saturated carbocycles. The van der Waals surface area contributed by atoms with Gasteiger partial charge in [0.1, 0.15) is 6.61 Å². The first-order valence-corrected chi connectivity index (χ1v) is 6.69. The summed E-state index contributed by atoms with van der Waals surface area (Å²) in [7, 11) is 0. The van der Waals surface area contributed by atoms with Crippen LogP contribution in [0, 0.1) is 0 Å². The van der Waals surface area contributed by atoms with Gasteiger partial charge in [0.2, 0.25) is 5.91 Å². The maximum Gasteiger partial charge on any atom is 0.246 e. The second kappa shape index (κ2) is 16.4. The molecular weight excluding hydrogens is 238 g/mol. The zero-order chi connectivity index (χ0) is 14.9. The Morgan fingerprint density at radius 1 is 1.21 bits per heavy atom. The van der Waals surface area contributed by atoms with Gasteiger partial charge in [0, 0.05) is 6.54 Å². The summed E-state index contributed by atoms with van der Waals surface area (Å²) in [5.74, 6) is -0.0856. The predicted molar refractivity (Wildman–Crippen MR) is 83.1 cm³/mol. The van der Waals surface area contributed by atoms with Crippen molar-refractivity contribution in [1.82, 2.24) is 5.32 Å². The molecule has 0 aliphatic carbocycles. The number of carbonyl (C=O) groups excluding carboxylic acids is 1. The summed E-state index contributed by atoms with van der Waals surface area (Å²) < 4.78 is 5.29. The van der Waals surface area contributed by atoms with Crippen LogP contribution in [-0.4, -0.2) is 25.7 Å². The highest BCUT2D eigenvalue weighted by Crippen LogP contribution is 1.99. The molecule has 19 heavy (non-hydrogen) atoms. The van der Waals surface area contributed by atoms with Crippen molar-refractivity contribution in [3.05, 3.63) is 49.1 Å². The number of allylic oxidation sites excluding steroid dienone is 4. The van der Waals surface area contributed by atoms with E-state index in [1.165, 1.54) is 0 Å². The molecule has 0 unspecified atom stereocenters. The Bertz CT molecular complexity index is 304. The van der Waals surface area contributed by atoms with Gasteiger partial charge in [0.05, 0.1) is 6.61 Å². The first-order valence-electron chi connectivity index (χ1n) is 6.69. The van der Waals surface area contributed by atoms with Crippen LogP contribution >= 0.6 is 0 Å². The Morgan fingerprint density at radius 3 is 2.42 bits per heavy atom. The van der Waals surface area contributed by atoms with E-state index in [0.717, 1.165) is 12.0 Å². The molecule has 0 rings (SSSR count). The van der Waals surface area contributed by atoms with Gasteiger partial charge in [0.15, 0.2) is 0 Å². The quantitative estimate of drug-likeness (QED) is 0.649. The fourth-order valence-corrected chi connectivity index (χ4v) is 1.07. The summed E-state index contributed by atoms with van der Waals surface area (Å²) in [6.07, 6.45) is 9.82. The Kier molecular flexibility index (Phi) is 17.0. The Balaban J connectivity index is 0. The van der Waals surface area contributed by atoms with E-state index >= 15 is 0 Å². The highest BCUT2D eigenvalue weighted by molar-refractivity contribution is 5.77. The number of nitrogens with one attached hydrogen (secondary N) is 1. The van der Waals surface area contributed by atoms with E-state index in [4.69, 9.17) is 4.74 Å². The minimum absolute atomic E-state index is 0.0798. The molecule has 3 heteroatoms. The lowest BCUT2D eigenvalue weighted by molar-refractivity contribution is -0.125. The van der Waals surface area contributed by atoms with Crippen molar-refractivity contribution in [2.24, 2.45) is 0 Å². The molecule has 0 spiro atoms. The number of rotatable bonds is 9. The van der Waals surface area contributed by atoms with E-state index in [0.29, 0.717) is 13.2 Å². The largest absolute Gasteiger partial charge is 0.367 e. The average molecular weight is 265 g/mol. The summed E-state index contributed by atoms with van der Waals surface area (Å²) in [5.41, 5.74) is 0.947. The number of ether oxygens (including phenoxy) is 1. The molecule has 3 nitrogen and oxygen atoms in total. The van der Waals surface area contributed by atoms with Crippen LogP contribution in [0.3, 0.4) is 0 Å². The fourth-order valence-electron chi connectivity index (χ4n) is 1.07. The maximum absolute atomic E-state index is 11.2. The van der Waals surface area contributed by atoms with Gasteiger partial charge in [-0.3, -0.25) is 4.79 Å². The molecule has 0 aromatic carbocycles. The van der Waals surface area contributed by atoms with E-state index in [9.17, 15) is 4.79 Å². The van der Waals surface area contributed by atoms with Crippen LogP contribution in [-0.2, 0) is 9.53 Å². The summed E-state index contributed by atoms with van der Waals surface area (Å²) >= 11 is 0. The van der Waals surface area contributed by atoms with Crippen molar-refractivity contribution in [3.63, 3.8) is 0 Å². The summed E-state index contributed by atoms with van der Waals surface area (Å²) in [4.78, 5) is 11.2. The normalized spacial score (nSPS) is 10.6. The second-order valence-electron chi connectivity index (χ2n) is 3.41. The predicted octanol–water partition coefficient (Wildman–Crippen LogP) is 3.41. The summed E-state index contributed by atoms with van der Waals surface area (Å²) in [6.45, 7) is 14.4. The molecule has 0 saturated heterocycles.